The van der Waals surface area contributed by atoms with Crippen LogP contribution in [-0.4, -0.2) is 20.2 Å². The van der Waals surface area contributed by atoms with Gasteiger partial charge < -0.3 is 0 Å². The average molecular weight is 250 g/mol. The van der Waals surface area contributed by atoms with E-state index in [4.69, 9.17) is 0 Å². The summed E-state index contributed by atoms with van der Waals surface area (Å²) in [6.45, 7) is 0. The van der Waals surface area contributed by atoms with Crippen LogP contribution >= 0.6 is 11.8 Å². The van der Waals surface area contributed by atoms with Gasteiger partial charge in [0, 0.05) is 12.3 Å². The van der Waals surface area contributed by atoms with Crippen molar-refractivity contribution in [1.82, 2.24) is 20.2 Å². The Morgan fingerprint density at radius 2 is 2.35 bits per heavy atom. The van der Waals surface area contributed by atoms with Gasteiger partial charge in [0.05, 0.1) is 0 Å². The van der Waals surface area contributed by atoms with Crippen molar-refractivity contribution in [2.24, 2.45) is 7.05 Å². The molecule has 3 rings (SSSR count). The van der Waals surface area contributed by atoms with Gasteiger partial charge in [-0.1, -0.05) is 17.8 Å². The molecule has 2 aromatic rings. The maximum atomic E-state index is 13.2. The molecule has 0 spiro atoms. The quantitative estimate of drug-likeness (QED) is 0.819. The van der Waals surface area contributed by atoms with E-state index in [1.807, 2.05) is 13.1 Å². The zero-order valence-corrected chi connectivity index (χ0v) is 10.1. The summed E-state index contributed by atoms with van der Waals surface area (Å²) in [6, 6.07) is 5.03. The molecule has 4 nitrogen and oxygen atoms in total. The molecular formula is C11H11FN4S. The van der Waals surface area contributed by atoms with Crippen molar-refractivity contribution in [3.63, 3.8) is 0 Å². The Bertz CT molecular complexity index is 554. The Balaban J connectivity index is 1.89. The van der Waals surface area contributed by atoms with Crippen molar-refractivity contribution in [1.29, 1.82) is 0 Å². The highest BCUT2D eigenvalue weighted by Gasteiger charge is 2.25. The number of thioether (sulfide) groups is 1. The van der Waals surface area contributed by atoms with Crippen LogP contribution in [0.15, 0.2) is 23.4 Å². The molecule has 0 radical (unpaired) electrons. The zero-order chi connectivity index (χ0) is 11.8. The maximum Gasteiger partial charge on any atom is 0.209 e. The fourth-order valence-corrected chi connectivity index (χ4v) is 3.22. The summed E-state index contributed by atoms with van der Waals surface area (Å²) < 4.78 is 14.9. The van der Waals surface area contributed by atoms with Crippen LogP contribution in [0, 0.1) is 5.82 Å². The molecule has 88 valence electrons. The molecule has 17 heavy (non-hydrogen) atoms. The van der Waals surface area contributed by atoms with Gasteiger partial charge in [-0.05, 0) is 46.5 Å². The van der Waals surface area contributed by atoms with Crippen molar-refractivity contribution < 1.29 is 4.39 Å². The summed E-state index contributed by atoms with van der Waals surface area (Å²) in [5.74, 6) is -0.174. The zero-order valence-electron chi connectivity index (χ0n) is 9.30. The molecule has 1 heterocycles. The third kappa shape index (κ3) is 1.93. The van der Waals surface area contributed by atoms with E-state index in [0.29, 0.717) is 0 Å². The Labute approximate surface area is 102 Å². The molecule has 1 atom stereocenters. The molecule has 0 saturated carbocycles. The molecule has 0 fully saturated rings. The van der Waals surface area contributed by atoms with Gasteiger partial charge in [0.25, 0.3) is 0 Å². The van der Waals surface area contributed by atoms with Crippen molar-refractivity contribution in [2.45, 2.75) is 23.2 Å². The van der Waals surface area contributed by atoms with Gasteiger partial charge in [0.1, 0.15) is 5.82 Å². The fourth-order valence-electron chi connectivity index (χ4n) is 2.11. The number of hydrogen-bond donors (Lipinski definition) is 0. The number of tetrazole rings is 1. The number of nitrogens with zero attached hydrogens (tertiary/aromatic N) is 4. The van der Waals surface area contributed by atoms with E-state index in [0.717, 1.165) is 23.6 Å². The van der Waals surface area contributed by atoms with Crippen molar-refractivity contribution in [3.05, 3.63) is 35.1 Å². The van der Waals surface area contributed by atoms with Gasteiger partial charge in [0.2, 0.25) is 5.16 Å². The summed E-state index contributed by atoms with van der Waals surface area (Å²) in [7, 11) is 1.81. The van der Waals surface area contributed by atoms with E-state index in [9.17, 15) is 4.39 Å². The fraction of sp³-hybridized carbons (Fsp3) is 0.364. The first kappa shape index (κ1) is 10.7. The number of aromatic nitrogens is 4. The molecule has 0 N–H and O–H groups in total. The lowest BCUT2D eigenvalue weighted by Crippen LogP contribution is -1.96. The summed E-state index contributed by atoms with van der Waals surface area (Å²) in [6.07, 6.45) is 2.01. The average Bonchev–Trinajstić information content (AvgIpc) is 2.88. The lowest BCUT2D eigenvalue weighted by molar-refractivity contribution is 0.625. The summed E-state index contributed by atoms with van der Waals surface area (Å²) in [5.41, 5.74) is 2.32. The van der Waals surface area contributed by atoms with E-state index < -0.39 is 0 Å². The van der Waals surface area contributed by atoms with Crippen molar-refractivity contribution >= 4 is 11.8 Å². The second-order valence-corrected chi connectivity index (χ2v) is 5.24. The van der Waals surface area contributed by atoms with Gasteiger partial charge in [-0.25, -0.2) is 9.07 Å². The molecule has 0 saturated heterocycles. The van der Waals surface area contributed by atoms with E-state index in [1.54, 1.807) is 22.5 Å². The molecule has 0 unspecified atom stereocenters. The Morgan fingerprint density at radius 3 is 3.12 bits per heavy atom. The van der Waals surface area contributed by atoms with Crippen LogP contribution < -0.4 is 0 Å². The second-order valence-electron chi connectivity index (χ2n) is 4.07. The molecule has 0 aliphatic heterocycles. The minimum Gasteiger partial charge on any atom is -0.224 e. The summed E-state index contributed by atoms with van der Waals surface area (Å²) >= 11 is 1.60. The molecule has 1 aliphatic rings. The van der Waals surface area contributed by atoms with E-state index in [1.165, 1.54) is 11.6 Å². The number of rotatable bonds is 2. The number of benzene rings is 1. The van der Waals surface area contributed by atoms with Gasteiger partial charge >= 0.3 is 0 Å². The van der Waals surface area contributed by atoms with E-state index in [2.05, 4.69) is 15.5 Å². The van der Waals surface area contributed by atoms with Crippen LogP contribution in [0.1, 0.15) is 22.8 Å². The molecule has 1 aromatic heterocycles. The third-order valence-corrected chi connectivity index (χ3v) is 4.29. The Morgan fingerprint density at radius 1 is 1.47 bits per heavy atom. The van der Waals surface area contributed by atoms with Crippen LogP contribution in [0.25, 0.3) is 0 Å². The number of aryl methyl sites for hydroxylation is 2. The predicted molar refractivity (Wildman–Crippen MR) is 62.1 cm³/mol. The summed E-state index contributed by atoms with van der Waals surface area (Å²) in [4.78, 5) is 0. The number of hydrogen-bond acceptors (Lipinski definition) is 4. The van der Waals surface area contributed by atoms with E-state index >= 15 is 0 Å². The molecule has 6 heteroatoms. The molecular weight excluding hydrogens is 239 g/mol. The minimum atomic E-state index is -0.174. The lowest BCUT2D eigenvalue weighted by Gasteiger charge is -2.09. The highest BCUT2D eigenvalue weighted by atomic mass is 32.2. The predicted octanol–water partition coefficient (Wildman–Crippen LogP) is 2.13. The van der Waals surface area contributed by atoms with Gasteiger partial charge in [-0.3, -0.25) is 0 Å². The maximum absolute atomic E-state index is 13.2. The first-order valence-corrected chi connectivity index (χ1v) is 6.29. The SMILES string of the molecule is Cn1nnnc1S[C@@H]1CCc2ccc(F)cc21. The van der Waals surface area contributed by atoms with Gasteiger partial charge in [-0.2, -0.15) is 0 Å². The summed E-state index contributed by atoms with van der Waals surface area (Å²) in [5, 5.41) is 12.4. The second kappa shape index (κ2) is 4.10. The lowest BCUT2D eigenvalue weighted by atomic mass is 10.1. The molecule has 0 amide bonds. The smallest absolute Gasteiger partial charge is 0.209 e. The monoisotopic (exact) mass is 250 g/mol. The molecule has 1 aliphatic carbocycles. The highest BCUT2D eigenvalue weighted by Crippen LogP contribution is 2.43. The van der Waals surface area contributed by atoms with Crippen LogP contribution in [0.4, 0.5) is 4.39 Å². The largest absolute Gasteiger partial charge is 0.224 e. The normalized spacial score (nSPS) is 18.4. The highest BCUT2D eigenvalue weighted by molar-refractivity contribution is 7.99. The van der Waals surface area contributed by atoms with Crippen LogP contribution in [-0.2, 0) is 13.5 Å². The molecule has 1 aromatic carbocycles. The van der Waals surface area contributed by atoms with Gasteiger partial charge in [0.15, 0.2) is 0 Å². The van der Waals surface area contributed by atoms with E-state index in [-0.39, 0.29) is 11.1 Å². The van der Waals surface area contributed by atoms with Crippen molar-refractivity contribution in [2.75, 3.05) is 0 Å². The van der Waals surface area contributed by atoms with Crippen LogP contribution in [0.3, 0.4) is 0 Å². The standard InChI is InChI=1S/C11H11FN4S/c1-16-11(13-14-15-16)17-10-5-3-7-2-4-8(12)6-9(7)10/h2,4,6,10H,3,5H2,1H3/t10-/m1/s1. The number of fused-ring (bicyclic) bond motifs is 1. The van der Waals surface area contributed by atoms with Crippen molar-refractivity contribution in [3.8, 4) is 0 Å². The van der Waals surface area contributed by atoms with Crippen LogP contribution in [0.2, 0.25) is 0 Å². The Kier molecular flexibility index (Phi) is 2.58. The first-order valence-electron chi connectivity index (χ1n) is 5.41. The molecule has 0 bridgehead atoms. The van der Waals surface area contributed by atoms with Gasteiger partial charge in [-0.15, -0.1) is 5.10 Å². The van der Waals surface area contributed by atoms with Crippen LogP contribution in [0.5, 0.6) is 0 Å². The number of halogens is 1. The minimum absolute atomic E-state index is 0.174. The Hall–Kier alpha value is -1.43. The first-order chi connectivity index (χ1) is 8.24. The third-order valence-electron chi connectivity index (χ3n) is 2.96. The topological polar surface area (TPSA) is 43.6 Å².